The van der Waals surface area contributed by atoms with E-state index in [1.165, 1.54) is 0 Å². The molecule has 0 spiro atoms. The zero-order chi connectivity index (χ0) is 8.10. The number of nitrogens with one attached hydrogen (secondary N) is 1. The molecule has 2 nitrogen and oxygen atoms in total. The Labute approximate surface area is 71.8 Å². The van der Waals surface area contributed by atoms with Crippen LogP contribution >= 0.6 is 11.8 Å². The molecule has 61 valence electrons. The van der Waals surface area contributed by atoms with Gasteiger partial charge in [-0.15, -0.1) is 0 Å². The van der Waals surface area contributed by atoms with Crippen molar-refractivity contribution in [3.63, 3.8) is 0 Å². The molecular formula is C8H13N2S. The molecule has 0 fully saturated rings. The number of H-pyrrole nitrogens is 1. The van der Waals surface area contributed by atoms with E-state index in [4.69, 9.17) is 0 Å². The summed E-state index contributed by atoms with van der Waals surface area (Å²) in [5, 5.41) is 0. The Bertz CT molecular complexity index is 187. The quantitative estimate of drug-likeness (QED) is 0.748. The van der Waals surface area contributed by atoms with Crippen molar-refractivity contribution in [1.82, 2.24) is 9.97 Å². The van der Waals surface area contributed by atoms with Gasteiger partial charge in [0, 0.05) is 12.6 Å². The van der Waals surface area contributed by atoms with Crippen LogP contribution in [-0.2, 0) is 6.42 Å². The van der Waals surface area contributed by atoms with E-state index < -0.39 is 0 Å². The molecule has 1 aromatic heterocycles. The van der Waals surface area contributed by atoms with Crippen molar-refractivity contribution >= 4 is 11.8 Å². The van der Waals surface area contributed by atoms with E-state index in [-0.39, 0.29) is 0 Å². The van der Waals surface area contributed by atoms with Gasteiger partial charge in [-0.2, -0.15) is 11.8 Å². The summed E-state index contributed by atoms with van der Waals surface area (Å²) in [5.41, 5.74) is 1.04. The van der Waals surface area contributed by atoms with Crippen molar-refractivity contribution < 1.29 is 0 Å². The Balaban J connectivity index is 2.51. The first kappa shape index (κ1) is 8.65. The van der Waals surface area contributed by atoms with Crippen molar-refractivity contribution in [2.24, 2.45) is 0 Å². The molecule has 0 saturated heterocycles. The zero-order valence-corrected chi connectivity index (χ0v) is 7.74. The largest absolute Gasteiger partial charge is 0.348 e. The highest BCUT2D eigenvalue weighted by molar-refractivity contribution is 8.00. The number of nitrogens with zero attached hydrogens (tertiary/aromatic N) is 1. The summed E-state index contributed by atoms with van der Waals surface area (Å²) in [6.45, 7) is 2.15. The highest BCUT2D eigenvalue weighted by Gasteiger charge is 1.98. The highest BCUT2D eigenvalue weighted by atomic mass is 32.2. The van der Waals surface area contributed by atoms with Crippen LogP contribution in [0.4, 0.5) is 0 Å². The SMILES string of the molecule is CCCc1nc([CH]SC)c[nH]1. The van der Waals surface area contributed by atoms with Gasteiger partial charge < -0.3 is 4.98 Å². The van der Waals surface area contributed by atoms with Crippen LogP contribution in [-0.4, -0.2) is 16.2 Å². The fraction of sp³-hybridized carbons (Fsp3) is 0.500. The summed E-state index contributed by atoms with van der Waals surface area (Å²) in [4.78, 5) is 7.49. The minimum Gasteiger partial charge on any atom is -0.348 e. The molecule has 1 N–H and O–H groups in total. The molecule has 3 heteroatoms. The lowest BCUT2D eigenvalue weighted by Gasteiger charge is -1.89. The second kappa shape index (κ2) is 4.44. The summed E-state index contributed by atoms with van der Waals surface area (Å²) >= 11 is 1.68. The minimum atomic E-state index is 1.04. The molecule has 0 amide bonds. The van der Waals surface area contributed by atoms with Gasteiger partial charge in [0.05, 0.1) is 11.4 Å². The van der Waals surface area contributed by atoms with Crippen LogP contribution in [0.5, 0.6) is 0 Å². The Hall–Kier alpha value is -0.440. The van der Waals surface area contributed by atoms with E-state index in [9.17, 15) is 0 Å². The standard InChI is InChI=1S/C8H13N2S/c1-3-4-8-9-5-7(10-8)6-11-2/h5-6H,3-4H2,1-2H3,(H,9,10). The van der Waals surface area contributed by atoms with Gasteiger partial charge in [-0.3, -0.25) is 0 Å². The number of thioether (sulfide) groups is 1. The molecule has 0 aliphatic rings. The predicted molar refractivity (Wildman–Crippen MR) is 49.5 cm³/mol. The van der Waals surface area contributed by atoms with E-state index in [0.717, 1.165) is 24.4 Å². The third-order valence-corrected chi connectivity index (χ3v) is 1.85. The molecule has 1 radical (unpaired) electrons. The van der Waals surface area contributed by atoms with E-state index in [1.807, 2.05) is 18.2 Å². The molecule has 0 aromatic carbocycles. The molecule has 0 saturated carbocycles. The summed E-state index contributed by atoms with van der Waals surface area (Å²) in [5.74, 6) is 3.13. The van der Waals surface area contributed by atoms with E-state index >= 15 is 0 Å². The lowest BCUT2D eigenvalue weighted by Crippen LogP contribution is -1.85. The minimum absolute atomic E-state index is 1.04. The average Bonchev–Trinajstić information content (AvgIpc) is 2.38. The lowest BCUT2D eigenvalue weighted by molar-refractivity contribution is 0.855. The molecule has 1 heterocycles. The summed E-state index contributed by atoms with van der Waals surface area (Å²) < 4.78 is 0. The average molecular weight is 169 g/mol. The van der Waals surface area contributed by atoms with Crippen LogP contribution < -0.4 is 0 Å². The number of aromatic nitrogens is 2. The number of hydrogen-bond acceptors (Lipinski definition) is 2. The van der Waals surface area contributed by atoms with Crippen molar-refractivity contribution in [2.45, 2.75) is 19.8 Å². The Morgan fingerprint density at radius 3 is 3.18 bits per heavy atom. The maximum atomic E-state index is 4.36. The first-order chi connectivity index (χ1) is 5.36. The molecule has 0 unspecified atom stereocenters. The molecule has 0 aliphatic heterocycles. The number of rotatable bonds is 4. The topological polar surface area (TPSA) is 28.7 Å². The fourth-order valence-corrected chi connectivity index (χ4v) is 1.29. The van der Waals surface area contributed by atoms with Crippen LogP contribution in [0.1, 0.15) is 24.9 Å². The summed E-state index contributed by atoms with van der Waals surface area (Å²) in [7, 11) is 0. The van der Waals surface area contributed by atoms with Crippen molar-refractivity contribution in [3.05, 3.63) is 23.5 Å². The third kappa shape index (κ3) is 2.58. The van der Waals surface area contributed by atoms with Crippen LogP contribution in [0, 0.1) is 5.75 Å². The Morgan fingerprint density at radius 2 is 2.55 bits per heavy atom. The van der Waals surface area contributed by atoms with Crippen LogP contribution in [0.15, 0.2) is 6.20 Å². The van der Waals surface area contributed by atoms with Crippen molar-refractivity contribution in [2.75, 3.05) is 6.26 Å². The molecule has 0 bridgehead atoms. The molecule has 0 atom stereocenters. The second-order valence-corrected chi connectivity index (χ2v) is 3.08. The van der Waals surface area contributed by atoms with E-state index in [2.05, 4.69) is 16.9 Å². The van der Waals surface area contributed by atoms with Gasteiger partial charge in [-0.1, -0.05) is 6.92 Å². The Kier molecular flexibility index (Phi) is 3.49. The smallest absolute Gasteiger partial charge is 0.106 e. The maximum Gasteiger partial charge on any atom is 0.106 e. The molecule has 1 aromatic rings. The molecular weight excluding hydrogens is 156 g/mol. The zero-order valence-electron chi connectivity index (χ0n) is 6.92. The highest BCUT2D eigenvalue weighted by Crippen LogP contribution is 2.09. The van der Waals surface area contributed by atoms with Crippen molar-refractivity contribution in [1.29, 1.82) is 0 Å². The van der Waals surface area contributed by atoms with Crippen LogP contribution in [0.3, 0.4) is 0 Å². The first-order valence-corrected chi connectivity index (χ1v) is 5.06. The predicted octanol–water partition coefficient (Wildman–Crippen LogP) is 2.24. The second-order valence-electron chi connectivity index (χ2n) is 2.38. The van der Waals surface area contributed by atoms with Gasteiger partial charge in [0.1, 0.15) is 5.82 Å². The summed E-state index contributed by atoms with van der Waals surface area (Å²) in [6.07, 6.45) is 6.17. The number of aryl methyl sites for hydroxylation is 1. The van der Waals surface area contributed by atoms with Gasteiger partial charge in [0.25, 0.3) is 0 Å². The Morgan fingerprint density at radius 1 is 1.73 bits per heavy atom. The third-order valence-electron chi connectivity index (χ3n) is 1.38. The van der Waals surface area contributed by atoms with Gasteiger partial charge in [0.15, 0.2) is 0 Å². The van der Waals surface area contributed by atoms with Gasteiger partial charge >= 0.3 is 0 Å². The number of imidazole rings is 1. The molecule has 1 rings (SSSR count). The summed E-state index contributed by atoms with van der Waals surface area (Å²) in [6, 6.07) is 0. The molecule has 11 heavy (non-hydrogen) atoms. The maximum absolute atomic E-state index is 4.36. The van der Waals surface area contributed by atoms with E-state index in [0.29, 0.717) is 0 Å². The number of aromatic amines is 1. The van der Waals surface area contributed by atoms with Crippen LogP contribution in [0.25, 0.3) is 0 Å². The van der Waals surface area contributed by atoms with Gasteiger partial charge in [-0.25, -0.2) is 4.98 Å². The normalized spacial score (nSPS) is 10.4. The number of hydrogen-bond donors (Lipinski definition) is 1. The van der Waals surface area contributed by atoms with Crippen molar-refractivity contribution in [3.8, 4) is 0 Å². The molecule has 0 aliphatic carbocycles. The monoisotopic (exact) mass is 169 g/mol. The van der Waals surface area contributed by atoms with E-state index in [1.54, 1.807) is 11.8 Å². The van der Waals surface area contributed by atoms with Gasteiger partial charge in [-0.05, 0) is 12.7 Å². The fourth-order valence-electron chi connectivity index (χ4n) is 0.924. The van der Waals surface area contributed by atoms with Gasteiger partial charge in [0.2, 0.25) is 0 Å². The lowest BCUT2D eigenvalue weighted by atomic mass is 10.3. The van der Waals surface area contributed by atoms with Crippen LogP contribution in [0.2, 0.25) is 0 Å². The first-order valence-electron chi connectivity index (χ1n) is 3.77.